The third-order valence-electron chi connectivity index (χ3n) is 4.61. The predicted molar refractivity (Wildman–Crippen MR) is 97.5 cm³/mol. The molecule has 0 saturated heterocycles. The average molecular weight is 445 g/mol. The third-order valence-corrected chi connectivity index (χ3v) is 4.92. The zero-order chi connectivity index (χ0) is 21.9. The molecule has 1 aromatic heterocycles. The number of amides is 1. The van der Waals surface area contributed by atoms with Gasteiger partial charge in [-0.3, -0.25) is 9.59 Å². The van der Waals surface area contributed by atoms with Crippen molar-refractivity contribution in [3.63, 3.8) is 0 Å². The lowest BCUT2D eigenvalue weighted by molar-refractivity contribution is 0.102. The molecule has 2 aromatic carbocycles. The van der Waals surface area contributed by atoms with Gasteiger partial charge >= 0.3 is 0 Å². The van der Waals surface area contributed by atoms with Crippen LogP contribution in [-0.2, 0) is 6.54 Å². The monoisotopic (exact) mass is 444 g/mol. The van der Waals surface area contributed by atoms with Crippen LogP contribution in [0.25, 0.3) is 10.9 Å². The Balaban J connectivity index is 1.88. The van der Waals surface area contributed by atoms with Crippen molar-refractivity contribution in [2.24, 2.45) is 0 Å². The standard InChI is InChI=1S/C19H10ClF5N2O3/c1-6-4-27-5-7(18(28)10-8(20)2-3-9(30-6)17(10)27)19(29)26-16-14(24)12(22)11(21)13(23)15(16)25/h2-3,5-6H,4H2,1H3,(H,26,29)/t6-/m1/s1. The Hall–Kier alpha value is -3.14. The highest BCUT2D eigenvalue weighted by Crippen LogP contribution is 2.34. The van der Waals surface area contributed by atoms with Crippen molar-refractivity contribution in [3.05, 3.63) is 68.2 Å². The molecule has 3 aromatic rings. The molecule has 0 spiro atoms. The second kappa shape index (κ2) is 6.98. The minimum atomic E-state index is -2.37. The summed E-state index contributed by atoms with van der Waals surface area (Å²) in [5.74, 6) is -12.3. The van der Waals surface area contributed by atoms with Gasteiger partial charge in [-0.05, 0) is 19.1 Å². The van der Waals surface area contributed by atoms with Crippen LogP contribution in [0.4, 0.5) is 27.6 Å². The smallest absolute Gasteiger partial charge is 0.261 e. The highest BCUT2D eigenvalue weighted by atomic mass is 35.5. The first-order valence-corrected chi connectivity index (χ1v) is 8.84. The maximum atomic E-state index is 13.9. The van der Waals surface area contributed by atoms with Gasteiger partial charge in [0.2, 0.25) is 11.2 Å². The van der Waals surface area contributed by atoms with E-state index in [0.29, 0.717) is 11.3 Å². The first kappa shape index (κ1) is 20.1. The van der Waals surface area contributed by atoms with Gasteiger partial charge in [0.15, 0.2) is 23.3 Å². The third kappa shape index (κ3) is 2.90. The first-order valence-electron chi connectivity index (χ1n) is 8.46. The van der Waals surface area contributed by atoms with Crippen molar-refractivity contribution in [3.8, 4) is 5.75 Å². The molecular formula is C19H10ClF5N2O3. The van der Waals surface area contributed by atoms with Crippen molar-refractivity contribution in [1.29, 1.82) is 0 Å². The van der Waals surface area contributed by atoms with Crippen LogP contribution in [0.15, 0.2) is 23.1 Å². The molecule has 30 heavy (non-hydrogen) atoms. The van der Waals surface area contributed by atoms with E-state index in [0.717, 1.165) is 6.20 Å². The van der Waals surface area contributed by atoms with Gasteiger partial charge in [0.05, 0.1) is 22.5 Å². The Bertz CT molecular complexity index is 1280. The summed E-state index contributed by atoms with van der Waals surface area (Å²) < 4.78 is 74.9. The SMILES string of the molecule is C[C@@H]1Cn2cc(C(=O)Nc3c(F)c(F)c(F)c(F)c3F)c(=O)c3c(Cl)ccc(c32)O1. The lowest BCUT2D eigenvalue weighted by Crippen LogP contribution is -2.30. The summed E-state index contributed by atoms with van der Waals surface area (Å²) in [5.41, 5.74) is -2.74. The van der Waals surface area contributed by atoms with Crippen LogP contribution >= 0.6 is 11.6 Å². The van der Waals surface area contributed by atoms with Crippen molar-refractivity contribution in [2.45, 2.75) is 19.6 Å². The highest BCUT2D eigenvalue weighted by molar-refractivity contribution is 6.35. The Labute approximate surface area is 169 Å². The summed E-state index contributed by atoms with van der Waals surface area (Å²) in [4.78, 5) is 25.4. The molecule has 1 aliphatic rings. The van der Waals surface area contributed by atoms with Crippen molar-refractivity contribution in [2.75, 3.05) is 5.32 Å². The number of rotatable bonds is 2. The van der Waals surface area contributed by atoms with Gasteiger partial charge in [-0.15, -0.1) is 0 Å². The molecule has 0 aliphatic carbocycles. The van der Waals surface area contributed by atoms with Crippen LogP contribution in [-0.4, -0.2) is 16.6 Å². The van der Waals surface area contributed by atoms with Gasteiger partial charge in [0, 0.05) is 6.20 Å². The van der Waals surface area contributed by atoms with E-state index in [2.05, 4.69) is 0 Å². The number of ether oxygens (including phenoxy) is 1. The molecule has 5 nitrogen and oxygen atoms in total. The van der Waals surface area contributed by atoms with E-state index < -0.39 is 51.7 Å². The van der Waals surface area contributed by atoms with Gasteiger partial charge in [0.25, 0.3) is 5.91 Å². The fourth-order valence-corrected chi connectivity index (χ4v) is 3.53. The van der Waals surface area contributed by atoms with Gasteiger partial charge in [-0.2, -0.15) is 0 Å². The fraction of sp³-hybridized carbons (Fsp3) is 0.158. The second-order valence-electron chi connectivity index (χ2n) is 6.62. The van der Waals surface area contributed by atoms with Gasteiger partial charge in [-0.25, -0.2) is 22.0 Å². The zero-order valence-corrected chi connectivity index (χ0v) is 15.7. The predicted octanol–water partition coefficient (Wildman–Crippen LogP) is 4.38. The molecule has 0 radical (unpaired) electrons. The van der Waals surface area contributed by atoms with Crippen molar-refractivity contribution >= 4 is 34.1 Å². The van der Waals surface area contributed by atoms with Crippen LogP contribution in [0, 0.1) is 29.1 Å². The minimum absolute atomic E-state index is 0.00321. The van der Waals surface area contributed by atoms with Crippen molar-refractivity contribution < 1.29 is 31.5 Å². The summed E-state index contributed by atoms with van der Waals surface area (Å²) in [6.07, 6.45) is 0.778. The Kier molecular flexibility index (Phi) is 4.69. The number of nitrogens with zero attached hydrogens (tertiary/aromatic N) is 1. The number of halogens is 6. The number of carbonyl (C=O) groups excluding carboxylic acids is 1. The van der Waals surface area contributed by atoms with Crippen LogP contribution in [0.5, 0.6) is 5.75 Å². The van der Waals surface area contributed by atoms with E-state index in [9.17, 15) is 31.5 Å². The number of anilines is 1. The number of carbonyl (C=O) groups is 1. The molecule has 1 amide bonds. The van der Waals surface area contributed by atoms with Gasteiger partial charge in [-0.1, -0.05) is 11.6 Å². The van der Waals surface area contributed by atoms with Crippen molar-refractivity contribution in [1.82, 2.24) is 4.57 Å². The van der Waals surface area contributed by atoms with E-state index in [4.69, 9.17) is 16.3 Å². The number of benzene rings is 2. The summed E-state index contributed by atoms with van der Waals surface area (Å²) in [7, 11) is 0. The highest BCUT2D eigenvalue weighted by Gasteiger charge is 2.29. The van der Waals surface area contributed by atoms with Crippen LogP contribution in [0.3, 0.4) is 0 Å². The number of aromatic nitrogens is 1. The van der Waals surface area contributed by atoms with Gasteiger partial charge < -0.3 is 14.6 Å². The average Bonchev–Trinajstić information content (AvgIpc) is 2.71. The summed E-state index contributed by atoms with van der Waals surface area (Å²) >= 11 is 6.11. The quantitative estimate of drug-likeness (QED) is 0.362. The molecule has 1 atom stereocenters. The Morgan fingerprint density at radius 3 is 2.33 bits per heavy atom. The minimum Gasteiger partial charge on any atom is -0.487 e. The number of hydrogen-bond donors (Lipinski definition) is 1. The largest absolute Gasteiger partial charge is 0.487 e. The molecule has 1 N–H and O–H groups in total. The van der Waals surface area contributed by atoms with E-state index in [1.165, 1.54) is 10.6 Å². The molecule has 4 rings (SSSR count). The Morgan fingerprint density at radius 1 is 1.10 bits per heavy atom. The summed E-state index contributed by atoms with van der Waals surface area (Å²) in [6.45, 7) is 1.95. The van der Waals surface area contributed by atoms with Crippen LogP contribution in [0.1, 0.15) is 17.3 Å². The molecule has 156 valence electrons. The fourth-order valence-electron chi connectivity index (χ4n) is 3.29. The maximum absolute atomic E-state index is 13.9. The van der Waals surface area contributed by atoms with Crippen LogP contribution in [0.2, 0.25) is 5.02 Å². The van der Waals surface area contributed by atoms with E-state index >= 15 is 0 Å². The normalized spacial score (nSPS) is 15.2. The number of hydrogen-bond acceptors (Lipinski definition) is 3. The maximum Gasteiger partial charge on any atom is 0.261 e. The molecule has 11 heteroatoms. The van der Waals surface area contributed by atoms with Crippen LogP contribution < -0.4 is 15.5 Å². The molecule has 0 fully saturated rings. The molecule has 1 aliphatic heterocycles. The van der Waals surface area contributed by atoms with E-state index in [1.54, 1.807) is 18.3 Å². The molecule has 0 bridgehead atoms. The zero-order valence-electron chi connectivity index (χ0n) is 15.0. The van der Waals surface area contributed by atoms with Gasteiger partial charge in [0.1, 0.15) is 23.1 Å². The summed E-state index contributed by atoms with van der Waals surface area (Å²) in [5, 5.41) is 1.52. The lowest BCUT2D eigenvalue weighted by atomic mass is 10.1. The topological polar surface area (TPSA) is 60.3 Å². The number of pyridine rings is 1. The molecule has 0 saturated carbocycles. The molecule has 0 unspecified atom stereocenters. The summed E-state index contributed by atoms with van der Waals surface area (Å²) in [6, 6.07) is 2.93. The number of nitrogens with one attached hydrogen (secondary N) is 1. The van der Waals surface area contributed by atoms with E-state index in [-0.39, 0.29) is 23.1 Å². The Morgan fingerprint density at radius 2 is 1.70 bits per heavy atom. The first-order chi connectivity index (χ1) is 14.1. The lowest BCUT2D eigenvalue weighted by Gasteiger charge is -2.26. The van der Waals surface area contributed by atoms with E-state index in [1.807, 2.05) is 0 Å². The second-order valence-corrected chi connectivity index (χ2v) is 7.03. The molecule has 2 heterocycles. The molecular weight excluding hydrogens is 435 g/mol.